The minimum absolute atomic E-state index is 0.417. The van der Waals surface area contributed by atoms with Crippen molar-refractivity contribution in [2.45, 2.75) is 52.2 Å². The first kappa shape index (κ1) is 18.5. The molecule has 5 nitrogen and oxygen atoms in total. The largest absolute Gasteiger partial charge is 0.444 e. The van der Waals surface area contributed by atoms with Crippen molar-refractivity contribution < 1.29 is 9.53 Å². The summed E-state index contributed by atoms with van der Waals surface area (Å²) in [4.78, 5) is 16.3. The van der Waals surface area contributed by atoms with Gasteiger partial charge in [0, 0.05) is 28.3 Å². The summed E-state index contributed by atoms with van der Waals surface area (Å²) in [5.41, 5.74) is 1.03. The van der Waals surface area contributed by atoms with Crippen LogP contribution in [0.2, 0.25) is 0 Å². The number of amides is 1. The van der Waals surface area contributed by atoms with Crippen LogP contribution in [-0.2, 0) is 11.2 Å². The van der Waals surface area contributed by atoms with Crippen LogP contribution in [0.1, 0.15) is 40.3 Å². The van der Waals surface area contributed by atoms with E-state index >= 15 is 0 Å². The van der Waals surface area contributed by atoms with Gasteiger partial charge in [0.2, 0.25) is 0 Å². The van der Waals surface area contributed by atoms with Crippen LogP contribution in [0.15, 0.2) is 41.3 Å². The summed E-state index contributed by atoms with van der Waals surface area (Å²) in [5.74, 6) is 0. The van der Waals surface area contributed by atoms with Gasteiger partial charge in [-0.25, -0.2) is 9.78 Å². The van der Waals surface area contributed by atoms with E-state index in [0.717, 1.165) is 15.9 Å². The first-order valence-corrected chi connectivity index (χ1v) is 8.64. The van der Waals surface area contributed by atoms with Gasteiger partial charge in [-0.05, 0) is 62.7 Å². The molecular weight excluding hydrogens is 370 g/mol. The van der Waals surface area contributed by atoms with Crippen molar-refractivity contribution in [1.29, 1.82) is 0 Å². The Hall–Kier alpha value is -1.82. The minimum atomic E-state index is -0.517. The topological polar surface area (TPSA) is 56.2 Å². The summed E-state index contributed by atoms with van der Waals surface area (Å²) in [6, 6.07) is 7.96. The quantitative estimate of drug-likeness (QED) is 0.832. The lowest BCUT2D eigenvalue weighted by molar-refractivity contribution is 0.0472. The van der Waals surface area contributed by atoms with E-state index in [9.17, 15) is 4.79 Å². The third-order valence-electron chi connectivity index (χ3n) is 3.29. The van der Waals surface area contributed by atoms with Gasteiger partial charge in [0.1, 0.15) is 5.60 Å². The van der Waals surface area contributed by atoms with Gasteiger partial charge < -0.3 is 14.6 Å². The summed E-state index contributed by atoms with van der Waals surface area (Å²) in [6.07, 6.45) is 3.80. The van der Waals surface area contributed by atoms with E-state index in [0.29, 0.717) is 6.42 Å². The Kier molecular flexibility index (Phi) is 5.38. The van der Waals surface area contributed by atoms with Gasteiger partial charge in [0.25, 0.3) is 0 Å². The van der Waals surface area contributed by atoms with Crippen LogP contribution < -0.4 is 5.32 Å². The number of para-hydroxylation sites is 1. The maximum atomic E-state index is 12.0. The molecule has 0 unspecified atom stereocenters. The molecule has 1 N–H and O–H groups in total. The Labute approximate surface area is 151 Å². The molecule has 130 valence electrons. The third kappa shape index (κ3) is 5.09. The molecule has 0 aliphatic heterocycles. The molecule has 0 aliphatic carbocycles. The van der Waals surface area contributed by atoms with Crippen LogP contribution in [0.5, 0.6) is 0 Å². The van der Waals surface area contributed by atoms with E-state index < -0.39 is 17.2 Å². The van der Waals surface area contributed by atoms with Crippen molar-refractivity contribution in [3.63, 3.8) is 0 Å². The second kappa shape index (κ2) is 6.97. The number of hydrogen-bond donors (Lipinski definition) is 1. The number of carbonyl (C=O) groups is 1. The molecule has 0 bridgehead atoms. The van der Waals surface area contributed by atoms with E-state index in [-0.39, 0.29) is 0 Å². The highest BCUT2D eigenvalue weighted by atomic mass is 79.9. The van der Waals surface area contributed by atoms with Gasteiger partial charge in [-0.15, -0.1) is 0 Å². The average Bonchev–Trinajstić information content (AvgIpc) is 2.83. The number of alkyl carbamates (subject to hydrolysis) is 1. The Morgan fingerprint density at radius 1 is 1.25 bits per heavy atom. The molecule has 0 fully saturated rings. The van der Waals surface area contributed by atoms with Gasteiger partial charge >= 0.3 is 6.09 Å². The van der Waals surface area contributed by atoms with Gasteiger partial charge in [-0.2, -0.15) is 0 Å². The monoisotopic (exact) mass is 393 g/mol. The summed E-state index contributed by atoms with van der Waals surface area (Å²) in [5, 5.41) is 2.93. The van der Waals surface area contributed by atoms with Gasteiger partial charge in [0.05, 0.1) is 12.0 Å². The number of nitrogens with one attached hydrogen (secondary N) is 1. The van der Waals surface area contributed by atoms with Crippen molar-refractivity contribution in [2.24, 2.45) is 0 Å². The molecule has 2 rings (SSSR count). The smallest absolute Gasteiger partial charge is 0.408 e. The predicted molar refractivity (Wildman–Crippen MR) is 98.4 cm³/mol. The average molecular weight is 394 g/mol. The molecular formula is C18H24BrN3O2. The first-order valence-electron chi connectivity index (χ1n) is 7.85. The molecule has 0 atom stereocenters. The molecule has 1 heterocycles. The highest BCUT2D eigenvalue weighted by Crippen LogP contribution is 2.23. The van der Waals surface area contributed by atoms with Crippen molar-refractivity contribution in [3.8, 4) is 5.69 Å². The number of rotatable bonds is 4. The second-order valence-corrected chi connectivity index (χ2v) is 8.25. The molecule has 1 aromatic carbocycles. The van der Waals surface area contributed by atoms with Gasteiger partial charge in [-0.3, -0.25) is 0 Å². The lowest BCUT2D eigenvalue weighted by atomic mass is 9.99. The zero-order valence-corrected chi connectivity index (χ0v) is 16.3. The van der Waals surface area contributed by atoms with Crippen LogP contribution >= 0.6 is 15.9 Å². The Balaban J connectivity index is 2.15. The van der Waals surface area contributed by atoms with E-state index in [1.54, 1.807) is 6.33 Å². The maximum Gasteiger partial charge on any atom is 0.408 e. The second-order valence-electron chi connectivity index (χ2n) is 7.39. The molecule has 0 spiro atoms. The first-order chi connectivity index (χ1) is 11.1. The normalized spacial score (nSPS) is 12.1. The number of imidazole rings is 1. The number of carbonyl (C=O) groups excluding carboxylic acids is 1. The highest BCUT2D eigenvalue weighted by molar-refractivity contribution is 9.10. The highest BCUT2D eigenvalue weighted by Gasteiger charge is 2.26. The van der Waals surface area contributed by atoms with Crippen LogP contribution in [0.3, 0.4) is 0 Å². The van der Waals surface area contributed by atoms with Crippen LogP contribution in [0.4, 0.5) is 4.79 Å². The zero-order chi connectivity index (χ0) is 18.0. The number of aromatic nitrogens is 2. The van der Waals surface area contributed by atoms with Gasteiger partial charge in [0.15, 0.2) is 0 Å². The van der Waals surface area contributed by atoms with Crippen molar-refractivity contribution in [2.75, 3.05) is 0 Å². The van der Waals surface area contributed by atoms with E-state index in [1.165, 1.54) is 0 Å². The molecule has 1 amide bonds. The fraction of sp³-hybridized carbons (Fsp3) is 0.444. The number of ether oxygens (including phenoxy) is 1. The van der Waals surface area contributed by atoms with E-state index in [4.69, 9.17) is 4.74 Å². The molecule has 0 aliphatic rings. The van der Waals surface area contributed by atoms with E-state index in [1.807, 2.05) is 69.6 Å². The minimum Gasteiger partial charge on any atom is -0.444 e. The fourth-order valence-corrected chi connectivity index (χ4v) is 2.87. The summed E-state index contributed by atoms with van der Waals surface area (Å²) in [7, 11) is 0. The standard InChI is InChI=1S/C18H24BrN3O2/c1-17(2,3)24-16(23)21-18(4,5)10-13-11-20-12-22(13)15-9-7-6-8-14(15)19/h6-9,11-12H,10H2,1-5H3,(H,21,23). The molecule has 6 heteroatoms. The Morgan fingerprint density at radius 2 is 1.92 bits per heavy atom. The summed E-state index contributed by atoms with van der Waals surface area (Å²) < 4.78 is 8.35. The number of hydrogen-bond acceptors (Lipinski definition) is 3. The molecule has 0 radical (unpaired) electrons. The number of benzene rings is 1. The molecule has 1 aromatic heterocycles. The molecule has 2 aromatic rings. The van der Waals surface area contributed by atoms with Crippen LogP contribution in [-0.4, -0.2) is 26.8 Å². The fourth-order valence-electron chi connectivity index (χ4n) is 2.39. The van der Waals surface area contributed by atoms with Crippen LogP contribution in [0, 0.1) is 0 Å². The lowest BCUT2D eigenvalue weighted by Gasteiger charge is -2.29. The molecule has 0 saturated carbocycles. The molecule has 24 heavy (non-hydrogen) atoms. The van der Waals surface area contributed by atoms with Crippen molar-refractivity contribution in [3.05, 3.63) is 47.0 Å². The van der Waals surface area contributed by atoms with Gasteiger partial charge in [-0.1, -0.05) is 12.1 Å². The predicted octanol–water partition coefficient (Wildman–Crippen LogP) is 4.48. The molecule has 0 saturated heterocycles. The summed E-state index contributed by atoms with van der Waals surface area (Å²) >= 11 is 3.57. The number of halogens is 1. The van der Waals surface area contributed by atoms with Crippen molar-refractivity contribution in [1.82, 2.24) is 14.9 Å². The van der Waals surface area contributed by atoms with Crippen LogP contribution in [0.25, 0.3) is 5.69 Å². The van der Waals surface area contributed by atoms with E-state index in [2.05, 4.69) is 26.2 Å². The zero-order valence-electron chi connectivity index (χ0n) is 14.8. The lowest BCUT2D eigenvalue weighted by Crippen LogP contribution is -2.47. The van der Waals surface area contributed by atoms with Crippen molar-refractivity contribution >= 4 is 22.0 Å². The number of nitrogens with zero attached hydrogens (tertiary/aromatic N) is 2. The Bertz CT molecular complexity index is 717. The SMILES string of the molecule is CC(C)(Cc1cncn1-c1ccccc1Br)NC(=O)OC(C)(C)C. The Morgan fingerprint density at radius 3 is 2.54 bits per heavy atom. The summed E-state index contributed by atoms with van der Waals surface area (Å²) in [6.45, 7) is 9.48. The maximum absolute atomic E-state index is 12.0. The third-order valence-corrected chi connectivity index (χ3v) is 3.96.